The molecule has 0 saturated carbocycles. The molecule has 2 atom stereocenters. The van der Waals surface area contributed by atoms with Crippen LogP contribution in [0.2, 0.25) is 0 Å². The molecule has 54 heavy (non-hydrogen) atoms. The minimum absolute atomic E-state index is 0.0344. The molecule has 4 aromatic carbocycles. The first kappa shape index (κ1) is 38.8. The number of rotatable bonds is 3. The average Bonchev–Trinajstić information content (AvgIpc) is 3.13. The predicted octanol–water partition coefficient (Wildman–Crippen LogP) is 4.96. The molecule has 1 fully saturated rings. The summed E-state index contributed by atoms with van der Waals surface area (Å²) in [6.45, 7) is 4.50. The predicted molar refractivity (Wildman–Crippen MR) is 197 cm³/mol. The Bertz CT molecular complexity index is 2070. The van der Waals surface area contributed by atoms with Crippen LogP contribution in [0.25, 0.3) is 11.1 Å². The maximum absolute atomic E-state index is 14.8. The maximum Gasteiger partial charge on any atom is 0.300 e. The fourth-order valence-corrected chi connectivity index (χ4v) is 6.15. The van der Waals surface area contributed by atoms with Gasteiger partial charge in [-0.15, -0.1) is 0 Å². The van der Waals surface area contributed by atoms with Gasteiger partial charge in [-0.2, -0.15) is 0 Å². The van der Waals surface area contributed by atoms with Crippen molar-refractivity contribution in [1.29, 1.82) is 0 Å². The van der Waals surface area contributed by atoms with E-state index in [1.165, 1.54) is 26.2 Å². The Balaban J connectivity index is 0.00000133. The van der Waals surface area contributed by atoms with Crippen LogP contribution in [0.4, 0.5) is 10.1 Å². The molecule has 4 amide bonds. The van der Waals surface area contributed by atoms with Crippen LogP contribution in [0.15, 0.2) is 78.9 Å². The van der Waals surface area contributed by atoms with Gasteiger partial charge in [0.1, 0.15) is 29.2 Å². The largest absolute Gasteiger partial charge is 0.496 e. The number of fused-ring (bicyclic) bond motifs is 8. The summed E-state index contributed by atoms with van der Waals surface area (Å²) in [6.07, 6.45) is -0.291. The van der Waals surface area contributed by atoms with E-state index in [4.69, 9.17) is 24.1 Å². The summed E-state index contributed by atoms with van der Waals surface area (Å²) >= 11 is 0. The number of hydrogen-bond acceptors (Lipinski definition) is 8. The topological polar surface area (TPSA) is 173 Å². The first-order chi connectivity index (χ1) is 25.8. The first-order valence-electron chi connectivity index (χ1n) is 17.1. The Kier molecular flexibility index (Phi) is 12.5. The van der Waals surface area contributed by atoms with Gasteiger partial charge in [0, 0.05) is 68.3 Å². The monoisotopic (exact) mass is 740 g/mol. The Morgan fingerprint density at radius 1 is 0.963 bits per heavy atom. The van der Waals surface area contributed by atoms with Gasteiger partial charge in [0.25, 0.3) is 23.7 Å². The standard InChI is InChI=1S/C38H37FN4O7.C2H4O2/c1-22-13-27(7-9-32(22)41-23(2)44)38(47)43-12-11-35-33(20-43)42-37(46)26-8-10-34(48-3)31(17-26)25-5-4-6-29(16-25)49-21-36(45)40-19-24-14-28(39)18-30(15-24)50-35;1-2(3)4/h4-10,13-18,33,35H,11-12,19-21H2,1-3H3,(H,40,45)(H,41,44)(H,42,46);1H3,(H,3,4)/t33-,35-;/m1./s1. The smallest absolute Gasteiger partial charge is 0.300 e. The number of carbonyl (C=O) groups is 5. The van der Waals surface area contributed by atoms with Crippen molar-refractivity contribution in [2.75, 3.05) is 32.1 Å². The fourth-order valence-electron chi connectivity index (χ4n) is 6.15. The molecule has 2 heterocycles. The van der Waals surface area contributed by atoms with Crippen molar-refractivity contribution in [3.8, 4) is 28.4 Å². The van der Waals surface area contributed by atoms with Gasteiger partial charge in [0.05, 0.1) is 13.2 Å². The average molecular weight is 741 g/mol. The highest BCUT2D eigenvalue weighted by Gasteiger charge is 2.35. The summed E-state index contributed by atoms with van der Waals surface area (Å²) in [6, 6.07) is 20.7. The maximum atomic E-state index is 14.8. The summed E-state index contributed by atoms with van der Waals surface area (Å²) in [5, 5.41) is 16.0. The zero-order chi connectivity index (χ0) is 38.9. The highest BCUT2D eigenvalue weighted by molar-refractivity contribution is 5.98. The second kappa shape index (κ2) is 17.4. The van der Waals surface area contributed by atoms with Gasteiger partial charge in [0.15, 0.2) is 6.61 Å². The molecule has 4 aromatic rings. The molecule has 14 heteroatoms. The molecular formula is C40H41FN4O9. The van der Waals surface area contributed by atoms with Crippen LogP contribution in [-0.4, -0.2) is 78.6 Å². The van der Waals surface area contributed by atoms with Gasteiger partial charge >= 0.3 is 0 Å². The lowest BCUT2D eigenvalue weighted by Crippen LogP contribution is -2.58. The number of aliphatic carboxylic acids is 1. The third-order valence-corrected chi connectivity index (χ3v) is 8.62. The zero-order valence-electron chi connectivity index (χ0n) is 30.2. The number of piperidine rings is 1. The molecule has 0 radical (unpaired) electrons. The van der Waals surface area contributed by atoms with Crippen LogP contribution in [-0.2, 0) is 20.9 Å². The fraction of sp³-hybridized carbons (Fsp3) is 0.275. The number of methoxy groups -OCH3 is 1. The number of anilines is 1. The highest BCUT2D eigenvalue weighted by atomic mass is 19.1. The van der Waals surface area contributed by atoms with Crippen LogP contribution in [0.5, 0.6) is 17.2 Å². The molecule has 2 aliphatic rings. The summed E-state index contributed by atoms with van der Waals surface area (Å²) < 4.78 is 32.5. The summed E-state index contributed by atoms with van der Waals surface area (Å²) in [4.78, 5) is 62.5. The summed E-state index contributed by atoms with van der Waals surface area (Å²) in [5.74, 6) is -1.47. The number of amides is 4. The van der Waals surface area contributed by atoms with Gasteiger partial charge in [-0.3, -0.25) is 24.0 Å². The van der Waals surface area contributed by atoms with Crippen molar-refractivity contribution in [3.63, 3.8) is 0 Å². The molecule has 6 bridgehead atoms. The van der Waals surface area contributed by atoms with Crippen molar-refractivity contribution >= 4 is 35.3 Å². The summed E-state index contributed by atoms with van der Waals surface area (Å²) in [5.41, 5.74) is 3.92. The number of carbonyl (C=O) groups excluding carboxylic acids is 4. The Morgan fingerprint density at radius 3 is 2.46 bits per heavy atom. The molecule has 1 saturated heterocycles. The Labute approximate surface area is 311 Å². The second-order valence-electron chi connectivity index (χ2n) is 12.8. The lowest BCUT2D eigenvalue weighted by molar-refractivity contribution is -0.134. The van der Waals surface area contributed by atoms with E-state index in [0.29, 0.717) is 58.0 Å². The van der Waals surface area contributed by atoms with Crippen LogP contribution >= 0.6 is 0 Å². The number of benzene rings is 4. The number of likely N-dealkylation sites (tertiary alicyclic amines) is 1. The van der Waals surface area contributed by atoms with Crippen LogP contribution in [0.1, 0.15) is 52.1 Å². The number of ether oxygens (including phenoxy) is 3. The third-order valence-electron chi connectivity index (χ3n) is 8.62. The summed E-state index contributed by atoms with van der Waals surface area (Å²) in [7, 11) is 1.53. The van der Waals surface area contributed by atoms with E-state index in [1.54, 1.807) is 72.5 Å². The number of hydrogen-bond donors (Lipinski definition) is 4. The molecule has 2 aliphatic heterocycles. The van der Waals surface area contributed by atoms with E-state index in [9.17, 15) is 23.6 Å². The number of nitrogens with one attached hydrogen (secondary N) is 3. The number of aryl methyl sites for hydroxylation is 1. The van der Waals surface area contributed by atoms with Crippen molar-refractivity contribution in [2.24, 2.45) is 0 Å². The highest BCUT2D eigenvalue weighted by Crippen LogP contribution is 2.33. The molecule has 0 aromatic heterocycles. The van der Waals surface area contributed by atoms with Crippen LogP contribution in [0, 0.1) is 12.7 Å². The van der Waals surface area contributed by atoms with E-state index in [0.717, 1.165) is 12.5 Å². The Hall–Kier alpha value is -6.44. The number of halogens is 1. The van der Waals surface area contributed by atoms with Crippen molar-refractivity contribution in [1.82, 2.24) is 15.5 Å². The van der Waals surface area contributed by atoms with Crippen molar-refractivity contribution in [2.45, 2.75) is 45.9 Å². The minimum atomic E-state index is -0.833. The number of carboxylic acid groups (broad SMARTS) is 1. The first-order valence-corrected chi connectivity index (χ1v) is 17.1. The lowest BCUT2D eigenvalue weighted by atomic mass is 9.98. The van der Waals surface area contributed by atoms with Gasteiger partial charge in [-0.1, -0.05) is 12.1 Å². The molecule has 6 rings (SSSR count). The molecule has 0 spiro atoms. The van der Waals surface area contributed by atoms with Crippen LogP contribution in [0.3, 0.4) is 0 Å². The van der Waals surface area contributed by atoms with Crippen molar-refractivity contribution < 1.29 is 47.7 Å². The van der Waals surface area contributed by atoms with E-state index in [2.05, 4.69) is 16.0 Å². The molecule has 4 N–H and O–H groups in total. The van der Waals surface area contributed by atoms with Gasteiger partial charge < -0.3 is 40.2 Å². The molecular weight excluding hydrogens is 699 g/mol. The molecule has 0 aliphatic carbocycles. The molecule has 13 nitrogen and oxygen atoms in total. The minimum Gasteiger partial charge on any atom is -0.496 e. The second-order valence-corrected chi connectivity index (χ2v) is 12.8. The van der Waals surface area contributed by atoms with E-state index in [1.807, 2.05) is 6.07 Å². The quantitative estimate of drug-likeness (QED) is 0.227. The third kappa shape index (κ3) is 10.1. The van der Waals surface area contributed by atoms with Crippen LogP contribution < -0.4 is 30.2 Å². The number of carboxylic acids is 1. The normalized spacial score (nSPS) is 16.8. The van der Waals surface area contributed by atoms with E-state index in [-0.39, 0.29) is 37.3 Å². The van der Waals surface area contributed by atoms with E-state index < -0.39 is 35.7 Å². The van der Waals surface area contributed by atoms with E-state index >= 15 is 0 Å². The zero-order valence-corrected chi connectivity index (χ0v) is 30.2. The lowest BCUT2D eigenvalue weighted by Gasteiger charge is -2.39. The molecule has 0 unspecified atom stereocenters. The van der Waals surface area contributed by atoms with Gasteiger partial charge in [-0.05, 0) is 84.3 Å². The molecule has 282 valence electrons. The Morgan fingerprint density at radius 2 is 1.74 bits per heavy atom. The van der Waals surface area contributed by atoms with Crippen molar-refractivity contribution in [3.05, 3.63) is 107 Å². The SMILES string of the molecule is CC(=O)O.COc1ccc2cc1-c1cccc(c1)OCC(=O)NCc1cc(F)cc(c1)O[C@@H]1CCN(C(=O)c3ccc(NC(C)=O)c(C)c3)C[C@H]1NC2=O. The van der Waals surface area contributed by atoms with Gasteiger partial charge in [0.2, 0.25) is 5.91 Å². The number of nitrogens with zero attached hydrogens (tertiary/aromatic N) is 1. The van der Waals surface area contributed by atoms with Gasteiger partial charge in [-0.25, -0.2) is 4.39 Å².